The molecule has 0 radical (unpaired) electrons. The van der Waals surface area contributed by atoms with Gasteiger partial charge in [0.25, 0.3) is 0 Å². The van der Waals surface area contributed by atoms with Crippen LogP contribution in [0.1, 0.15) is 13.8 Å². The number of anilines is 1. The van der Waals surface area contributed by atoms with Gasteiger partial charge in [0.2, 0.25) is 5.95 Å². The molecule has 0 saturated heterocycles. The predicted molar refractivity (Wildman–Crippen MR) is 72.8 cm³/mol. The van der Waals surface area contributed by atoms with E-state index >= 15 is 0 Å². The lowest BCUT2D eigenvalue weighted by Crippen LogP contribution is -2.40. The van der Waals surface area contributed by atoms with Crippen LogP contribution in [-0.2, 0) is 4.79 Å². The first-order valence-corrected chi connectivity index (χ1v) is 5.88. The van der Waals surface area contributed by atoms with E-state index < -0.39 is 11.5 Å². The van der Waals surface area contributed by atoms with E-state index in [1.165, 1.54) is 0 Å². The smallest absolute Gasteiger partial charge is 0.328 e. The van der Waals surface area contributed by atoms with E-state index in [1.54, 1.807) is 26.2 Å². The summed E-state index contributed by atoms with van der Waals surface area (Å²) in [5, 5.41) is 11.8. The highest BCUT2D eigenvalue weighted by molar-refractivity contribution is 5.80. The SMILES string of the molecule is CC(C)(Nc1ncc(-c2ccccc2)cn1)C(=O)O. The number of benzene rings is 1. The second-order valence-electron chi connectivity index (χ2n) is 4.72. The minimum Gasteiger partial charge on any atom is -0.480 e. The summed E-state index contributed by atoms with van der Waals surface area (Å²) in [7, 11) is 0. The van der Waals surface area contributed by atoms with Gasteiger partial charge in [0.1, 0.15) is 5.54 Å². The number of rotatable bonds is 4. The zero-order chi connectivity index (χ0) is 13.9. The van der Waals surface area contributed by atoms with Gasteiger partial charge < -0.3 is 10.4 Å². The van der Waals surface area contributed by atoms with E-state index in [2.05, 4.69) is 15.3 Å². The van der Waals surface area contributed by atoms with Crippen molar-refractivity contribution in [2.24, 2.45) is 0 Å². The molecule has 0 fully saturated rings. The molecule has 0 aliphatic carbocycles. The fraction of sp³-hybridized carbons (Fsp3) is 0.214. The van der Waals surface area contributed by atoms with Gasteiger partial charge >= 0.3 is 5.97 Å². The topological polar surface area (TPSA) is 75.1 Å². The Balaban J connectivity index is 2.18. The number of aromatic nitrogens is 2. The number of nitrogens with zero attached hydrogens (tertiary/aromatic N) is 2. The Labute approximate surface area is 111 Å². The highest BCUT2D eigenvalue weighted by atomic mass is 16.4. The summed E-state index contributed by atoms with van der Waals surface area (Å²) < 4.78 is 0. The first-order chi connectivity index (χ1) is 8.99. The van der Waals surface area contributed by atoms with Gasteiger partial charge in [-0.3, -0.25) is 0 Å². The molecule has 0 atom stereocenters. The monoisotopic (exact) mass is 257 g/mol. The van der Waals surface area contributed by atoms with E-state index in [1.807, 2.05) is 30.3 Å². The molecule has 0 amide bonds. The van der Waals surface area contributed by atoms with Crippen LogP contribution >= 0.6 is 0 Å². The first-order valence-electron chi connectivity index (χ1n) is 5.88. The van der Waals surface area contributed by atoms with Crippen molar-refractivity contribution in [3.8, 4) is 11.1 Å². The molecule has 0 aliphatic rings. The molecule has 0 saturated carbocycles. The molecule has 5 heteroatoms. The average molecular weight is 257 g/mol. The van der Waals surface area contributed by atoms with Crippen LogP contribution in [0, 0.1) is 0 Å². The zero-order valence-corrected chi connectivity index (χ0v) is 10.8. The summed E-state index contributed by atoms with van der Waals surface area (Å²) in [5.41, 5.74) is 0.805. The molecule has 2 rings (SSSR count). The van der Waals surface area contributed by atoms with Crippen molar-refractivity contribution in [2.45, 2.75) is 19.4 Å². The molecule has 2 aromatic rings. The Morgan fingerprint density at radius 1 is 1.11 bits per heavy atom. The van der Waals surface area contributed by atoms with Gasteiger partial charge in [-0.1, -0.05) is 30.3 Å². The van der Waals surface area contributed by atoms with Crippen LogP contribution < -0.4 is 5.32 Å². The van der Waals surface area contributed by atoms with Gasteiger partial charge in [-0.15, -0.1) is 0 Å². The van der Waals surface area contributed by atoms with Crippen molar-refractivity contribution in [3.63, 3.8) is 0 Å². The molecule has 1 heterocycles. The van der Waals surface area contributed by atoms with Gasteiger partial charge in [0, 0.05) is 18.0 Å². The maximum absolute atomic E-state index is 11.0. The van der Waals surface area contributed by atoms with Crippen molar-refractivity contribution < 1.29 is 9.90 Å². The summed E-state index contributed by atoms with van der Waals surface area (Å²) in [6.07, 6.45) is 3.34. The van der Waals surface area contributed by atoms with E-state index in [9.17, 15) is 4.79 Å². The van der Waals surface area contributed by atoms with Crippen LogP contribution in [0.3, 0.4) is 0 Å². The molecular formula is C14H15N3O2. The van der Waals surface area contributed by atoms with Gasteiger partial charge in [0.15, 0.2) is 0 Å². The van der Waals surface area contributed by atoms with Gasteiger partial charge in [-0.05, 0) is 19.4 Å². The van der Waals surface area contributed by atoms with Crippen molar-refractivity contribution in [2.75, 3.05) is 5.32 Å². The highest BCUT2D eigenvalue weighted by Gasteiger charge is 2.27. The van der Waals surface area contributed by atoms with E-state index in [-0.39, 0.29) is 0 Å². The predicted octanol–water partition coefficient (Wildman–Crippen LogP) is 2.42. The van der Waals surface area contributed by atoms with Crippen molar-refractivity contribution in [1.82, 2.24) is 9.97 Å². The molecule has 19 heavy (non-hydrogen) atoms. The summed E-state index contributed by atoms with van der Waals surface area (Å²) in [4.78, 5) is 19.3. The van der Waals surface area contributed by atoms with Crippen LogP contribution in [0.4, 0.5) is 5.95 Å². The Morgan fingerprint density at radius 2 is 1.68 bits per heavy atom. The van der Waals surface area contributed by atoms with Gasteiger partial charge in [0.05, 0.1) is 0 Å². The molecule has 2 N–H and O–H groups in total. The lowest BCUT2D eigenvalue weighted by molar-refractivity contribution is -0.141. The van der Waals surface area contributed by atoms with Crippen LogP contribution in [0.15, 0.2) is 42.7 Å². The third kappa shape index (κ3) is 3.07. The lowest BCUT2D eigenvalue weighted by atomic mass is 10.1. The Kier molecular flexibility index (Phi) is 3.46. The largest absolute Gasteiger partial charge is 0.480 e. The number of aliphatic carboxylic acids is 1. The highest BCUT2D eigenvalue weighted by Crippen LogP contribution is 2.18. The number of nitrogens with one attached hydrogen (secondary N) is 1. The second kappa shape index (κ2) is 5.06. The maximum atomic E-state index is 11.0. The minimum atomic E-state index is -1.10. The van der Waals surface area contributed by atoms with Crippen LogP contribution in [0.5, 0.6) is 0 Å². The lowest BCUT2D eigenvalue weighted by Gasteiger charge is -2.20. The zero-order valence-electron chi connectivity index (χ0n) is 10.8. The molecule has 5 nitrogen and oxygen atoms in total. The van der Waals surface area contributed by atoms with Crippen molar-refractivity contribution in [3.05, 3.63) is 42.7 Å². The Hall–Kier alpha value is -2.43. The molecular weight excluding hydrogens is 242 g/mol. The van der Waals surface area contributed by atoms with Gasteiger partial charge in [-0.2, -0.15) is 0 Å². The van der Waals surface area contributed by atoms with Crippen LogP contribution in [0.2, 0.25) is 0 Å². The second-order valence-corrected chi connectivity index (χ2v) is 4.72. The normalized spacial score (nSPS) is 11.1. The van der Waals surface area contributed by atoms with E-state index in [0.29, 0.717) is 5.95 Å². The number of hydrogen-bond donors (Lipinski definition) is 2. The summed E-state index contributed by atoms with van der Waals surface area (Å²) in [5.74, 6) is -0.657. The number of carbonyl (C=O) groups is 1. The molecule has 0 unspecified atom stereocenters. The Morgan fingerprint density at radius 3 is 2.21 bits per heavy atom. The number of hydrogen-bond acceptors (Lipinski definition) is 4. The third-order valence-corrected chi connectivity index (χ3v) is 2.72. The van der Waals surface area contributed by atoms with Gasteiger partial charge in [-0.25, -0.2) is 14.8 Å². The van der Waals surface area contributed by atoms with Crippen molar-refractivity contribution in [1.29, 1.82) is 0 Å². The van der Waals surface area contributed by atoms with Crippen LogP contribution in [0.25, 0.3) is 11.1 Å². The molecule has 1 aromatic heterocycles. The standard InChI is InChI=1S/C14H15N3O2/c1-14(2,12(18)19)17-13-15-8-11(9-16-13)10-6-4-3-5-7-10/h3-9H,1-2H3,(H,18,19)(H,15,16,17). The molecule has 0 spiro atoms. The fourth-order valence-electron chi connectivity index (χ4n) is 1.51. The average Bonchev–Trinajstić information content (AvgIpc) is 2.40. The summed E-state index contributed by atoms with van der Waals surface area (Å²) in [6.45, 7) is 3.12. The maximum Gasteiger partial charge on any atom is 0.328 e. The van der Waals surface area contributed by atoms with Crippen molar-refractivity contribution >= 4 is 11.9 Å². The van der Waals surface area contributed by atoms with E-state index in [0.717, 1.165) is 11.1 Å². The fourth-order valence-corrected chi connectivity index (χ4v) is 1.51. The quantitative estimate of drug-likeness (QED) is 0.879. The van der Waals surface area contributed by atoms with Crippen LogP contribution in [-0.4, -0.2) is 26.6 Å². The van der Waals surface area contributed by atoms with E-state index in [4.69, 9.17) is 5.11 Å². The Bertz CT molecular complexity index is 565. The minimum absolute atomic E-state index is 0.298. The summed E-state index contributed by atoms with van der Waals surface area (Å²) >= 11 is 0. The summed E-state index contributed by atoms with van der Waals surface area (Å²) in [6, 6.07) is 9.75. The molecule has 1 aromatic carbocycles. The third-order valence-electron chi connectivity index (χ3n) is 2.72. The number of carboxylic acids is 1. The number of carboxylic acid groups (broad SMARTS) is 1. The molecule has 0 aliphatic heterocycles. The first kappa shape index (κ1) is 13.0. The molecule has 0 bridgehead atoms. The molecule has 98 valence electrons.